The highest BCUT2D eigenvalue weighted by Crippen LogP contribution is 2.21. The molecule has 0 saturated carbocycles. The van der Waals surface area contributed by atoms with Gasteiger partial charge in [-0.3, -0.25) is 9.59 Å². The number of anilines is 2. The lowest BCUT2D eigenvalue weighted by Gasteiger charge is -2.35. The summed E-state index contributed by atoms with van der Waals surface area (Å²) in [6, 6.07) is 14.9. The van der Waals surface area contributed by atoms with E-state index in [0.29, 0.717) is 37.4 Å². The average Bonchev–Trinajstić information content (AvgIpc) is 2.73. The van der Waals surface area contributed by atoms with Crippen molar-refractivity contribution in [3.8, 4) is 6.07 Å². The molecule has 0 bridgehead atoms. The molecule has 7 heteroatoms. The summed E-state index contributed by atoms with van der Waals surface area (Å²) in [5.74, 6) is -1.28. The topological polar surface area (TPSA) is 76.4 Å². The number of carbonyl (C=O) groups is 2. The van der Waals surface area contributed by atoms with Gasteiger partial charge in [-0.25, -0.2) is 0 Å². The van der Waals surface area contributed by atoms with Crippen molar-refractivity contribution in [2.24, 2.45) is 0 Å². The first-order chi connectivity index (χ1) is 13.5. The number of piperazine rings is 1. The van der Waals surface area contributed by atoms with E-state index in [4.69, 9.17) is 16.9 Å². The third-order valence-corrected chi connectivity index (χ3v) is 5.13. The molecule has 1 aliphatic heterocycles. The molecule has 1 heterocycles. The van der Waals surface area contributed by atoms with Crippen LogP contribution in [-0.4, -0.2) is 42.9 Å². The summed E-state index contributed by atoms with van der Waals surface area (Å²) < 4.78 is 0. The fourth-order valence-corrected chi connectivity index (χ4v) is 3.34. The van der Waals surface area contributed by atoms with E-state index < -0.39 is 11.8 Å². The Bertz CT molecular complexity index is 913. The molecule has 1 fully saturated rings. The smallest absolute Gasteiger partial charge is 0.313 e. The predicted octanol–water partition coefficient (Wildman–Crippen LogP) is 3.06. The van der Waals surface area contributed by atoms with E-state index >= 15 is 0 Å². The molecule has 3 rings (SSSR count). The third-order valence-electron chi connectivity index (χ3n) is 4.82. The molecular weight excluding hydrogens is 376 g/mol. The molecule has 0 spiro atoms. The van der Waals surface area contributed by atoms with Crippen molar-refractivity contribution in [2.75, 3.05) is 36.4 Å². The zero-order valence-electron chi connectivity index (χ0n) is 15.6. The highest BCUT2D eigenvalue weighted by atomic mass is 35.5. The van der Waals surface area contributed by atoms with Gasteiger partial charge in [0, 0.05) is 37.6 Å². The lowest BCUT2D eigenvalue weighted by Crippen LogP contribution is -2.51. The van der Waals surface area contributed by atoms with Crippen LogP contribution in [0.1, 0.15) is 18.1 Å². The molecule has 0 aromatic heterocycles. The number of aryl methyl sites for hydroxylation is 1. The number of hydrogen-bond acceptors (Lipinski definition) is 4. The summed E-state index contributed by atoms with van der Waals surface area (Å²) >= 11 is 5.96. The lowest BCUT2D eigenvalue weighted by molar-refractivity contribution is -0.143. The number of benzene rings is 2. The zero-order valence-corrected chi connectivity index (χ0v) is 16.4. The molecular formula is C21H21ClN4O2. The van der Waals surface area contributed by atoms with Crippen molar-refractivity contribution in [1.29, 1.82) is 5.26 Å². The van der Waals surface area contributed by atoms with Crippen LogP contribution in [0.2, 0.25) is 5.02 Å². The minimum Gasteiger partial charge on any atom is -0.368 e. The van der Waals surface area contributed by atoms with E-state index in [2.05, 4.69) is 41.4 Å². The lowest BCUT2D eigenvalue weighted by atomic mass is 10.1. The molecule has 2 aromatic rings. The normalized spacial score (nSPS) is 13.8. The second-order valence-electron chi connectivity index (χ2n) is 6.56. The monoisotopic (exact) mass is 396 g/mol. The third kappa shape index (κ3) is 4.44. The molecule has 2 amide bonds. The van der Waals surface area contributed by atoms with E-state index in [1.165, 1.54) is 17.7 Å². The van der Waals surface area contributed by atoms with Gasteiger partial charge in [0.2, 0.25) is 0 Å². The Balaban J connectivity index is 1.56. The van der Waals surface area contributed by atoms with Gasteiger partial charge in [-0.1, -0.05) is 30.7 Å². The quantitative estimate of drug-likeness (QED) is 0.809. The van der Waals surface area contributed by atoms with Crippen LogP contribution in [0, 0.1) is 11.3 Å². The fourth-order valence-electron chi connectivity index (χ4n) is 3.12. The van der Waals surface area contributed by atoms with Crippen LogP contribution in [0.25, 0.3) is 0 Å². The molecule has 2 aromatic carbocycles. The van der Waals surface area contributed by atoms with Gasteiger partial charge in [0.15, 0.2) is 0 Å². The minimum atomic E-state index is -0.707. The molecule has 0 unspecified atom stereocenters. The summed E-state index contributed by atoms with van der Waals surface area (Å²) in [5, 5.41) is 11.7. The number of hydrogen-bond donors (Lipinski definition) is 1. The summed E-state index contributed by atoms with van der Waals surface area (Å²) in [6.07, 6.45) is 1.00. The SMILES string of the molecule is CCc1ccc(N2CCN(C(=O)C(=O)Nc3ccc(C#N)c(Cl)c3)CC2)cc1. The maximum atomic E-state index is 12.4. The van der Waals surface area contributed by atoms with Crippen molar-refractivity contribution in [2.45, 2.75) is 13.3 Å². The van der Waals surface area contributed by atoms with E-state index in [9.17, 15) is 9.59 Å². The number of halogens is 1. The molecule has 144 valence electrons. The fraction of sp³-hybridized carbons (Fsp3) is 0.286. The second-order valence-corrected chi connectivity index (χ2v) is 6.97. The number of amides is 2. The Labute approximate surface area is 169 Å². The van der Waals surface area contributed by atoms with Crippen molar-refractivity contribution in [1.82, 2.24) is 4.90 Å². The summed E-state index contributed by atoms with van der Waals surface area (Å²) in [5.41, 5.74) is 3.11. The van der Waals surface area contributed by atoms with Crippen LogP contribution in [0.3, 0.4) is 0 Å². The summed E-state index contributed by atoms with van der Waals surface area (Å²) in [7, 11) is 0. The van der Waals surface area contributed by atoms with Gasteiger partial charge in [-0.15, -0.1) is 0 Å². The van der Waals surface area contributed by atoms with Crippen LogP contribution in [-0.2, 0) is 16.0 Å². The molecule has 1 aliphatic rings. The number of rotatable bonds is 3. The Morgan fingerprint density at radius 3 is 2.36 bits per heavy atom. The van der Waals surface area contributed by atoms with Crippen molar-refractivity contribution in [3.05, 3.63) is 58.6 Å². The van der Waals surface area contributed by atoms with E-state index in [-0.39, 0.29) is 5.02 Å². The Morgan fingerprint density at radius 2 is 1.79 bits per heavy atom. The Hall–Kier alpha value is -3.04. The minimum absolute atomic E-state index is 0.232. The molecule has 0 radical (unpaired) electrons. The summed E-state index contributed by atoms with van der Waals surface area (Å²) in [6.45, 7) is 4.43. The van der Waals surface area contributed by atoms with Crippen molar-refractivity contribution < 1.29 is 9.59 Å². The zero-order chi connectivity index (χ0) is 20.1. The van der Waals surface area contributed by atoms with Gasteiger partial charge in [0.1, 0.15) is 6.07 Å². The molecule has 0 aliphatic carbocycles. The van der Waals surface area contributed by atoms with Gasteiger partial charge in [-0.05, 0) is 42.3 Å². The van der Waals surface area contributed by atoms with E-state index in [0.717, 1.165) is 12.1 Å². The van der Waals surface area contributed by atoms with Gasteiger partial charge in [-0.2, -0.15) is 5.26 Å². The van der Waals surface area contributed by atoms with Crippen LogP contribution >= 0.6 is 11.6 Å². The molecule has 1 N–H and O–H groups in total. The first-order valence-electron chi connectivity index (χ1n) is 9.15. The molecule has 1 saturated heterocycles. The summed E-state index contributed by atoms with van der Waals surface area (Å²) in [4.78, 5) is 28.5. The largest absolute Gasteiger partial charge is 0.368 e. The highest BCUT2D eigenvalue weighted by molar-refractivity contribution is 6.39. The highest BCUT2D eigenvalue weighted by Gasteiger charge is 2.26. The van der Waals surface area contributed by atoms with Crippen LogP contribution in [0.5, 0.6) is 0 Å². The van der Waals surface area contributed by atoms with E-state index in [1.54, 1.807) is 11.0 Å². The molecule has 6 nitrogen and oxygen atoms in total. The maximum absolute atomic E-state index is 12.4. The van der Waals surface area contributed by atoms with Crippen LogP contribution < -0.4 is 10.2 Å². The standard InChI is InChI=1S/C21H21ClN4O2/c1-2-15-3-7-18(8-4-15)25-9-11-26(12-10-25)21(28)20(27)24-17-6-5-16(14-23)19(22)13-17/h3-8,13H,2,9-12H2,1H3,(H,24,27). The Kier molecular flexibility index (Phi) is 6.17. The second kappa shape index (κ2) is 8.77. The number of carbonyl (C=O) groups excluding carboxylic acids is 2. The number of nitriles is 1. The van der Waals surface area contributed by atoms with Gasteiger partial charge in [0.25, 0.3) is 0 Å². The average molecular weight is 397 g/mol. The number of nitrogens with zero attached hydrogens (tertiary/aromatic N) is 3. The van der Waals surface area contributed by atoms with Crippen LogP contribution in [0.4, 0.5) is 11.4 Å². The molecule has 28 heavy (non-hydrogen) atoms. The van der Waals surface area contributed by atoms with Crippen molar-refractivity contribution >= 4 is 34.8 Å². The van der Waals surface area contributed by atoms with Gasteiger partial charge in [0.05, 0.1) is 10.6 Å². The van der Waals surface area contributed by atoms with Crippen molar-refractivity contribution in [3.63, 3.8) is 0 Å². The first kappa shape index (κ1) is 19.7. The maximum Gasteiger partial charge on any atom is 0.313 e. The van der Waals surface area contributed by atoms with E-state index in [1.807, 2.05) is 6.07 Å². The number of nitrogens with one attached hydrogen (secondary N) is 1. The predicted molar refractivity (Wildman–Crippen MR) is 109 cm³/mol. The molecule has 0 atom stereocenters. The van der Waals surface area contributed by atoms with Gasteiger partial charge >= 0.3 is 11.8 Å². The van der Waals surface area contributed by atoms with Gasteiger partial charge < -0.3 is 15.1 Å². The first-order valence-corrected chi connectivity index (χ1v) is 9.53. The van der Waals surface area contributed by atoms with Crippen LogP contribution in [0.15, 0.2) is 42.5 Å². The Morgan fingerprint density at radius 1 is 1.11 bits per heavy atom.